The van der Waals surface area contributed by atoms with E-state index in [2.05, 4.69) is 10.3 Å². The molecule has 1 saturated heterocycles. The molecule has 0 saturated carbocycles. The molecule has 1 aromatic carbocycles. The van der Waals surface area contributed by atoms with Crippen molar-refractivity contribution in [3.05, 3.63) is 70.9 Å². The van der Waals surface area contributed by atoms with Gasteiger partial charge in [0, 0.05) is 5.02 Å². The van der Waals surface area contributed by atoms with Crippen molar-refractivity contribution in [2.24, 2.45) is 0 Å². The van der Waals surface area contributed by atoms with Crippen molar-refractivity contribution in [3.63, 3.8) is 0 Å². The van der Waals surface area contributed by atoms with Crippen molar-refractivity contribution >= 4 is 29.3 Å². The Hall–Kier alpha value is -2.25. The van der Waals surface area contributed by atoms with E-state index in [1.54, 1.807) is 27.6 Å². The van der Waals surface area contributed by atoms with Gasteiger partial charge in [-0.2, -0.15) is 0 Å². The Morgan fingerprint density at radius 2 is 2.12 bits per heavy atom. The van der Waals surface area contributed by atoms with Gasteiger partial charge in [0.25, 0.3) is 0 Å². The summed E-state index contributed by atoms with van der Waals surface area (Å²) in [4.78, 5) is 14.0. The van der Waals surface area contributed by atoms with Gasteiger partial charge in [0.1, 0.15) is 16.8 Å². The van der Waals surface area contributed by atoms with Crippen LogP contribution in [0.5, 0.6) is 0 Å². The molecule has 4 rings (SSSR count). The molecule has 1 aliphatic rings. The van der Waals surface area contributed by atoms with Gasteiger partial charge >= 0.3 is 0 Å². The Balaban J connectivity index is 1.52. The minimum atomic E-state index is -0.155. The minimum absolute atomic E-state index is 0.0760. The van der Waals surface area contributed by atoms with Crippen molar-refractivity contribution in [2.45, 2.75) is 18.5 Å². The second-order valence-electron chi connectivity index (χ2n) is 5.70. The van der Waals surface area contributed by atoms with Crippen LogP contribution in [0.2, 0.25) is 5.02 Å². The number of thioether (sulfide) groups is 1. The summed E-state index contributed by atoms with van der Waals surface area (Å²) in [5.41, 5.74) is 1.73. The fraction of sp³-hybridized carbons (Fsp3) is 0.235. The smallest absolute Gasteiger partial charge is 0.234 e. The van der Waals surface area contributed by atoms with Gasteiger partial charge in [-0.05, 0) is 23.8 Å². The molecule has 1 atom stereocenters. The molecule has 0 spiro atoms. The van der Waals surface area contributed by atoms with Crippen molar-refractivity contribution < 1.29 is 9.21 Å². The predicted octanol–water partition coefficient (Wildman–Crippen LogP) is 3.35. The van der Waals surface area contributed by atoms with Crippen LogP contribution in [0.1, 0.15) is 22.4 Å². The van der Waals surface area contributed by atoms with Crippen LogP contribution in [0.25, 0.3) is 0 Å². The number of carbonyl (C=O) groups excluding carboxylic acids is 1. The van der Waals surface area contributed by atoms with Crippen molar-refractivity contribution in [3.8, 4) is 0 Å². The van der Waals surface area contributed by atoms with Crippen LogP contribution < -0.4 is 0 Å². The lowest BCUT2D eigenvalue weighted by atomic mass is 10.2. The van der Waals surface area contributed by atoms with Gasteiger partial charge in [-0.3, -0.25) is 4.79 Å². The number of benzene rings is 1. The van der Waals surface area contributed by atoms with Gasteiger partial charge in [-0.25, -0.2) is 4.68 Å². The van der Waals surface area contributed by atoms with Crippen LogP contribution in [-0.2, 0) is 17.9 Å². The van der Waals surface area contributed by atoms with Crippen molar-refractivity contribution in [1.29, 1.82) is 0 Å². The molecular weight excluding hydrogens is 360 g/mol. The van der Waals surface area contributed by atoms with Crippen molar-refractivity contribution in [1.82, 2.24) is 19.9 Å². The Kier molecular flexibility index (Phi) is 4.50. The highest BCUT2D eigenvalue weighted by Gasteiger charge is 2.35. The maximum Gasteiger partial charge on any atom is 0.234 e. The molecule has 3 heterocycles. The summed E-state index contributed by atoms with van der Waals surface area (Å²) < 4.78 is 7.11. The second-order valence-corrected chi connectivity index (χ2v) is 7.17. The first kappa shape index (κ1) is 16.2. The number of hydrogen-bond donors (Lipinski definition) is 0. The molecule has 8 heteroatoms. The third kappa shape index (κ3) is 3.43. The lowest BCUT2D eigenvalue weighted by Crippen LogP contribution is -2.27. The molecule has 3 aromatic rings. The standard InChI is InChI=1S/C17H15ClN4O2S/c18-14-6-2-1-4-12(14)8-21-10-15(19-20-21)17-22(16(23)11-25-17)9-13-5-3-7-24-13/h1-7,10,17H,8-9,11H2. The number of hydrogen-bond acceptors (Lipinski definition) is 5. The van der Waals surface area contributed by atoms with Crippen LogP contribution in [0.4, 0.5) is 0 Å². The molecule has 0 aliphatic carbocycles. The topological polar surface area (TPSA) is 64.2 Å². The Morgan fingerprint density at radius 3 is 2.92 bits per heavy atom. The zero-order valence-corrected chi connectivity index (χ0v) is 14.8. The van der Waals surface area contributed by atoms with Crippen LogP contribution in [0.3, 0.4) is 0 Å². The molecular formula is C17H15ClN4O2S. The highest BCUT2D eigenvalue weighted by molar-refractivity contribution is 8.00. The van der Waals surface area contributed by atoms with Gasteiger partial charge in [0.2, 0.25) is 5.91 Å². The highest BCUT2D eigenvalue weighted by atomic mass is 35.5. The zero-order chi connectivity index (χ0) is 17.2. The molecule has 0 radical (unpaired) electrons. The Labute approximate surface area is 153 Å². The van der Waals surface area contributed by atoms with Gasteiger partial charge in [0.15, 0.2) is 0 Å². The molecule has 6 nitrogen and oxygen atoms in total. The van der Waals surface area contributed by atoms with Crippen LogP contribution in [0, 0.1) is 0 Å². The van der Waals surface area contributed by atoms with Gasteiger partial charge < -0.3 is 9.32 Å². The van der Waals surface area contributed by atoms with E-state index in [0.29, 0.717) is 23.9 Å². The molecule has 1 aliphatic heterocycles. The monoisotopic (exact) mass is 374 g/mol. The molecule has 128 valence electrons. The lowest BCUT2D eigenvalue weighted by Gasteiger charge is -2.20. The average Bonchev–Trinajstić information content (AvgIpc) is 3.34. The van der Waals surface area contributed by atoms with E-state index in [-0.39, 0.29) is 11.3 Å². The minimum Gasteiger partial charge on any atom is -0.467 e. The third-order valence-corrected chi connectivity index (χ3v) is 5.57. The first-order chi connectivity index (χ1) is 12.2. The summed E-state index contributed by atoms with van der Waals surface area (Å²) in [5, 5.41) is 8.99. The lowest BCUT2D eigenvalue weighted by molar-refractivity contribution is -0.128. The van der Waals surface area contributed by atoms with E-state index in [9.17, 15) is 4.79 Å². The number of carbonyl (C=O) groups is 1. The van der Waals surface area contributed by atoms with E-state index in [1.165, 1.54) is 0 Å². The van der Waals surface area contributed by atoms with Crippen LogP contribution >= 0.6 is 23.4 Å². The molecule has 25 heavy (non-hydrogen) atoms. The first-order valence-electron chi connectivity index (χ1n) is 7.77. The molecule has 0 N–H and O–H groups in total. The summed E-state index contributed by atoms with van der Waals surface area (Å²) in [6, 6.07) is 11.3. The van der Waals surface area contributed by atoms with E-state index < -0.39 is 0 Å². The summed E-state index contributed by atoms with van der Waals surface area (Å²) in [7, 11) is 0. The number of amides is 1. The fourth-order valence-corrected chi connectivity index (χ4v) is 4.06. The van der Waals surface area contributed by atoms with E-state index >= 15 is 0 Å². The number of aromatic nitrogens is 3. The summed E-state index contributed by atoms with van der Waals surface area (Å²) in [6.45, 7) is 0.969. The van der Waals surface area contributed by atoms with Crippen molar-refractivity contribution in [2.75, 3.05) is 5.75 Å². The quantitative estimate of drug-likeness (QED) is 0.685. The number of rotatable bonds is 5. The summed E-state index contributed by atoms with van der Waals surface area (Å²) >= 11 is 7.75. The zero-order valence-electron chi connectivity index (χ0n) is 13.2. The van der Waals surface area contributed by atoms with Gasteiger partial charge in [-0.1, -0.05) is 35.0 Å². The average molecular weight is 375 g/mol. The second kappa shape index (κ2) is 6.93. The summed E-state index contributed by atoms with van der Waals surface area (Å²) in [5.74, 6) is 1.26. The molecule has 1 amide bonds. The first-order valence-corrected chi connectivity index (χ1v) is 9.20. The molecule has 1 fully saturated rings. The summed E-state index contributed by atoms with van der Waals surface area (Å²) in [6.07, 6.45) is 3.48. The largest absolute Gasteiger partial charge is 0.467 e. The van der Waals surface area contributed by atoms with E-state index in [4.69, 9.17) is 16.0 Å². The maximum absolute atomic E-state index is 12.2. The fourth-order valence-electron chi connectivity index (χ4n) is 2.75. The predicted molar refractivity (Wildman–Crippen MR) is 95.0 cm³/mol. The molecule has 2 aromatic heterocycles. The van der Waals surface area contributed by atoms with Crippen LogP contribution in [0.15, 0.2) is 53.3 Å². The SMILES string of the molecule is O=C1CSC(c2cn(Cc3ccccc3Cl)nn2)N1Cc1ccco1. The number of halogens is 1. The normalized spacial score (nSPS) is 17.4. The Bertz CT molecular complexity index is 880. The molecule has 1 unspecified atom stereocenters. The maximum atomic E-state index is 12.2. The highest BCUT2D eigenvalue weighted by Crippen LogP contribution is 2.38. The van der Waals surface area contributed by atoms with Crippen LogP contribution in [-0.4, -0.2) is 31.6 Å². The van der Waals surface area contributed by atoms with Gasteiger partial charge in [0.05, 0.1) is 31.3 Å². The molecule has 0 bridgehead atoms. The van der Waals surface area contributed by atoms with Gasteiger partial charge in [-0.15, -0.1) is 16.9 Å². The third-order valence-electron chi connectivity index (χ3n) is 3.97. The number of furan rings is 1. The Morgan fingerprint density at radius 1 is 1.24 bits per heavy atom. The van der Waals surface area contributed by atoms with E-state index in [1.807, 2.05) is 42.6 Å². The number of nitrogens with zero attached hydrogens (tertiary/aromatic N) is 4. The van der Waals surface area contributed by atoms with E-state index in [0.717, 1.165) is 17.0 Å².